The fourth-order valence-corrected chi connectivity index (χ4v) is 2.66. The number of likely N-dealkylation sites (tertiary alicyclic amines) is 1. The maximum atomic E-state index is 2.56. The number of quaternary nitrogens is 2. The van der Waals surface area contributed by atoms with Gasteiger partial charge in [0.2, 0.25) is 0 Å². The third-order valence-electron chi connectivity index (χ3n) is 3.39. The van der Waals surface area contributed by atoms with Gasteiger partial charge in [-0.05, 0) is 19.3 Å². The molecule has 2 heteroatoms. The maximum absolute atomic E-state index is 2.56. The number of nitrogens with two attached hydrogens (primary N) is 1. The van der Waals surface area contributed by atoms with E-state index in [0.29, 0.717) is 0 Å². The van der Waals surface area contributed by atoms with E-state index in [2.05, 4.69) is 5.32 Å². The van der Waals surface area contributed by atoms with Gasteiger partial charge in [0.05, 0.1) is 19.6 Å². The first-order valence-electron chi connectivity index (χ1n) is 5.62. The maximum Gasteiger partial charge on any atom is 0.136 e. The minimum atomic E-state index is 0.970. The van der Waals surface area contributed by atoms with Crippen molar-refractivity contribution in [3.8, 4) is 0 Å². The molecule has 0 spiro atoms. The second-order valence-electron chi connectivity index (χ2n) is 4.44. The molecule has 12 heavy (non-hydrogen) atoms. The van der Waals surface area contributed by atoms with Crippen molar-refractivity contribution in [3.63, 3.8) is 0 Å². The molecule has 2 rings (SSSR count). The number of hydrogen-bond acceptors (Lipinski definition) is 0. The lowest BCUT2D eigenvalue weighted by atomic mass is 10.1. The summed E-state index contributed by atoms with van der Waals surface area (Å²) in [4.78, 5) is 1.88. The van der Waals surface area contributed by atoms with E-state index in [9.17, 15) is 0 Å². The fraction of sp³-hybridized carbons (Fsp3) is 1.00. The molecule has 2 aliphatic heterocycles. The van der Waals surface area contributed by atoms with Gasteiger partial charge in [0.15, 0.2) is 0 Å². The summed E-state index contributed by atoms with van der Waals surface area (Å²) in [5.41, 5.74) is 0. The average Bonchev–Trinajstić information content (AvgIpc) is 2.59. The van der Waals surface area contributed by atoms with Crippen LogP contribution in [-0.2, 0) is 0 Å². The number of nitrogens with one attached hydrogen (secondary N) is 1. The van der Waals surface area contributed by atoms with E-state index in [0.717, 1.165) is 6.04 Å². The molecule has 0 amide bonds. The highest BCUT2D eigenvalue weighted by Gasteiger charge is 2.24. The van der Waals surface area contributed by atoms with Crippen molar-refractivity contribution in [1.82, 2.24) is 0 Å². The van der Waals surface area contributed by atoms with Crippen LogP contribution in [0.25, 0.3) is 0 Å². The van der Waals surface area contributed by atoms with Crippen LogP contribution in [0.15, 0.2) is 0 Å². The molecule has 0 aromatic rings. The van der Waals surface area contributed by atoms with Gasteiger partial charge >= 0.3 is 0 Å². The molecule has 0 aromatic carbocycles. The van der Waals surface area contributed by atoms with Crippen molar-refractivity contribution < 1.29 is 10.2 Å². The first kappa shape index (κ1) is 8.52. The summed E-state index contributed by atoms with van der Waals surface area (Å²) in [7, 11) is 0. The zero-order valence-corrected chi connectivity index (χ0v) is 8.02. The summed E-state index contributed by atoms with van der Waals surface area (Å²) in [6.07, 6.45) is 7.36. The normalized spacial score (nSPS) is 32.5. The first-order chi connectivity index (χ1) is 5.95. The SMILES string of the molecule is C1CC[NH+](C[C@H]2CCC[NH2+]2)CC1. The van der Waals surface area contributed by atoms with Gasteiger partial charge in [-0.2, -0.15) is 0 Å². The molecule has 0 bridgehead atoms. The molecule has 0 aromatic heterocycles. The van der Waals surface area contributed by atoms with Crippen molar-refractivity contribution in [2.45, 2.75) is 38.1 Å². The molecule has 0 unspecified atom stereocenters. The predicted molar refractivity (Wildman–Crippen MR) is 49.2 cm³/mol. The zero-order valence-electron chi connectivity index (χ0n) is 8.02. The Bertz CT molecular complexity index is 124. The zero-order chi connectivity index (χ0) is 8.23. The van der Waals surface area contributed by atoms with Gasteiger partial charge in [-0.3, -0.25) is 0 Å². The third kappa shape index (κ3) is 2.20. The summed E-state index contributed by atoms with van der Waals surface area (Å²) in [5.74, 6) is 0. The van der Waals surface area contributed by atoms with Crippen LogP contribution in [0.5, 0.6) is 0 Å². The standard InChI is InChI=1S/C10H20N2/c1-2-7-12(8-3-1)9-10-5-4-6-11-10/h10-11H,1-9H2/p+2/t10-/m1/s1. The summed E-state index contributed by atoms with van der Waals surface area (Å²) in [6, 6.07) is 0.970. The molecular weight excluding hydrogens is 148 g/mol. The van der Waals surface area contributed by atoms with E-state index in [1.54, 1.807) is 0 Å². The Morgan fingerprint density at radius 3 is 2.58 bits per heavy atom. The van der Waals surface area contributed by atoms with Gasteiger partial charge in [0.25, 0.3) is 0 Å². The molecule has 2 nitrogen and oxygen atoms in total. The molecule has 2 saturated heterocycles. The molecule has 2 aliphatic rings. The van der Waals surface area contributed by atoms with Crippen LogP contribution >= 0.6 is 0 Å². The second-order valence-corrected chi connectivity index (χ2v) is 4.44. The van der Waals surface area contributed by atoms with Crippen molar-refractivity contribution in [1.29, 1.82) is 0 Å². The monoisotopic (exact) mass is 170 g/mol. The van der Waals surface area contributed by atoms with Gasteiger partial charge in [0, 0.05) is 12.8 Å². The second kappa shape index (κ2) is 4.24. The van der Waals surface area contributed by atoms with Crippen LogP contribution in [0.4, 0.5) is 0 Å². The fourth-order valence-electron chi connectivity index (χ4n) is 2.66. The highest BCUT2D eigenvalue weighted by molar-refractivity contribution is 4.58. The van der Waals surface area contributed by atoms with Crippen LogP contribution in [0, 0.1) is 0 Å². The third-order valence-corrected chi connectivity index (χ3v) is 3.39. The summed E-state index contributed by atoms with van der Waals surface area (Å²) in [5, 5.41) is 2.56. The Kier molecular flexibility index (Phi) is 3.01. The Labute approximate surface area is 75.3 Å². The van der Waals surface area contributed by atoms with E-state index in [-0.39, 0.29) is 0 Å². The Morgan fingerprint density at radius 1 is 1.08 bits per heavy atom. The summed E-state index contributed by atoms with van der Waals surface area (Å²) < 4.78 is 0. The molecule has 0 radical (unpaired) electrons. The predicted octanol–water partition coefficient (Wildman–Crippen LogP) is -1.22. The molecule has 1 atom stereocenters. The largest absolute Gasteiger partial charge is 0.339 e. The van der Waals surface area contributed by atoms with Crippen LogP contribution in [0.3, 0.4) is 0 Å². The summed E-state index contributed by atoms with van der Waals surface area (Å²) >= 11 is 0. The van der Waals surface area contributed by atoms with E-state index in [1.165, 1.54) is 58.3 Å². The average molecular weight is 170 g/mol. The van der Waals surface area contributed by atoms with Crippen molar-refractivity contribution in [3.05, 3.63) is 0 Å². The van der Waals surface area contributed by atoms with Gasteiger partial charge in [0.1, 0.15) is 12.6 Å². The lowest BCUT2D eigenvalue weighted by Crippen LogP contribution is -3.16. The van der Waals surface area contributed by atoms with Crippen molar-refractivity contribution >= 4 is 0 Å². The van der Waals surface area contributed by atoms with Crippen molar-refractivity contribution in [2.24, 2.45) is 0 Å². The smallest absolute Gasteiger partial charge is 0.136 e. The Hall–Kier alpha value is -0.0800. The lowest BCUT2D eigenvalue weighted by molar-refractivity contribution is -0.921. The highest BCUT2D eigenvalue weighted by atomic mass is 15.2. The van der Waals surface area contributed by atoms with Crippen LogP contribution in [0.2, 0.25) is 0 Å². The highest BCUT2D eigenvalue weighted by Crippen LogP contribution is 1.97. The van der Waals surface area contributed by atoms with E-state index in [4.69, 9.17) is 0 Å². The quantitative estimate of drug-likeness (QED) is 0.518. The molecule has 0 saturated carbocycles. The molecule has 70 valence electrons. The molecular formula is C10H22N2+2. The topological polar surface area (TPSA) is 21.1 Å². The number of piperidine rings is 1. The summed E-state index contributed by atoms with van der Waals surface area (Å²) in [6.45, 7) is 5.73. The minimum Gasteiger partial charge on any atom is -0.339 e. The van der Waals surface area contributed by atoms with Gasteiger partial charge in [-0.15, -0.1) is 0 Å². The van der Waals surface area contributed by atoms with E-state index < -0.39 is 0 Å². The van der Waals surface area contributed by atoms with Gasteiger partial charge in [-0.1, -0.05) is 0 Å². The minimum absolute atomic E-state index is 0.970. The van der Waals surface area contributed by atoms with E-state index in [1.807, 2.05) is 4.90 Å². The van der Waals surface area contributed by atoms with Crippen LogP contribution < -0.4 is 10.2 Å². The van der Waals surface area contributed by atoms with E-state index >= 15 is 0 Å². The molecule has 2 fully saturated rings. The van der Waals surface area contributed by atoms with Gasteiger partial charge < -0.3 is 10.2 Å². The molecule has 2 heterocycles. The lowest BCUT2D eigenvalue weighted by Gasteiger charge is -2.24. The number of hydrogen-bond donors (Lipinski definition) is 2. The molecule has 0 aliphatic carbocycles. The first-order valence-corrected chi connectivity index (χ1v) is 5.62. The number of rotatable bonds is 2. The van der Waals surface area contributed by atoms with Crippen LogP contribution in [-0.4, -0.2) is 32.2 Å². The Balaban J connectivity index is 1.69. The molecule has 3 N–H and O–H groups in total. The Morgan fingerprint density at radius 2 is 1.92 bits per heavy atom. The van der Waals surface area contributed by atoms with Crippen molar-refractivity contribution in [2.75, 3.05) is 26.2 Å². The van der Waals surface area contributed by atoms with Crippen LogP contribution in [0.1, 0.15) is 32.1 Å². The van der Waals surface area contributed by atoms with Gasteiger partial charge in [-0.25, -0.2) is 0 Å².